The molecule has 4 nitrogen and oxygen atoms in total. The Kier molecular flexibility index (Phi) is 1.27. The second-order valence-corrected chi connectivity index (χ2v) is 1.05. The van der Waals surface area contributed by atoms with Gasteiger partial charge in [-0.05, 0) is 0 Å². The summed E-state index contributed by atoms with van der Waals surface area (Å²) in [7, 11) is 0. The Hall–Kier alpha value is -1.32. The minimum absolute atomic E-state index is 0.0625. The number of rotatable bonds is 1. The van der Waals surface area contributed by atoms with Crippen molar-refractivity contribution in [2.24, 2.45) is 4.99 Å². The summed E-state index contributed by atoms with van der Waals surface area (Å²) in [6.07, 6.45) is 3.02. The SMILES string of the molecule is O=CC1=NC=COO1. The highest BCUT2D eigenvalue weighted by Gasteiger charge is 1.98. The standard InChI is InChI=1S/C4H3NO3/c6-3-4-5-1-2-7-8-4/h1-3H. The first-order chi connectivity index (χ1) is 3.93. The molecule has 42 valence electrons. The fraction of sp³-hybridized carbons (Fsp3) is 0. The van der Waals surface area contributed by atoms with Gasteiger partial charge >= 0.3 is 5.90 Å². The molecule has 0 aromatic heterocycles. The van der Waals surface area contributed by atoms with Crippen LogP contribution in [0.25, 0.3) is 0 Å². The van der Waals surface area contributed by atoms with E-state index in [2.05, 4.69) is 14.8 Å². The van der Waals surface area contributed by atoms with Gasteiger partial charge in [0.05, 0.1) is 6.20 Å². The topological polar surface area (TPSA) is 47.9 Å². The molecular weight excluding hydrogens is 110 g/mol. The van der Waals surface area contributed by atoms with E-state index in [-0.39, 0.29) is 5.90 Å². The molecule has 0 spiro atoms. The summed E-state index contributed by atoms with van der Waals surface area (Å²) >= 11 is 0. The maximum Gasteiger partial charge on any atom is 0.309 e. The molecule has 0 aliphatic carbocycles. The number of aliphatic imine (C=N–C) groups is 1. The van der Waals surface area contributed by atoms with E-state index in [0.29, 0.717) is 6.29 Å². The maximum absolute atomic E-state index is 9.79. The van der Waals surface area contributed by atoms with Crippen LogP contribution in [0, 0.1) is 0 Å². The van der Waals surface area contributed by atoms with Crippen molar-refractivity contribution in [2.45, 2.75) is 0 Å². The maximum atomic E-state index is 9.79. The second kappa shape index (κ2) is 2.11. The van der Waals surface area contributed by atoms with Crippen LogP contribution in [-0.4, -0.2) is 12.2 Å². The van der Waals surface area contributed by atoms with Crippen LogP contribution in [0.5, 0.6) is 0 Å². The van der Waals surface area contributed by atoms with Gasteiger partial charge in [0.25, 0.3) is 0 Å². The van der Waals surface area contributed by atoms with Crippen LogP contribution in [0.3, 0.4) is 0 Å². The van der Waals surface area contributed by atoms with Crippen LogP contribution >= 0.6 is 0 Å². The summed E-state index contributed by atoms with van der Waals surface area (Å²) in [6.45, 7) is 0. The molecule has 0 unspecified atom stereocenters. The number of hydrogen-bond acceptors (Lipinski definition) is 4. The van der Waals surface area contributed by atoms with Gasteiger partial charge in [-0.3, -0.25) is 14.6 Å². The summed E-state index contributed by atoms with van der Waals surface area (Å²) < 4.78 is 0. The van der Waals surface area contributed by atoms with E-state index in [4.69, 9.17) is 0 Å². The van der Waals surface area contributed by atoms with Crippen molar-refractivity contribution in [1.82, 2.24) is 0 Å². The van der Waals surface area contributed by atoms with Gasteiger partial charge in [0.15, 0.2) is 6.26 Å². The Morgan fingerprint density at radius 1 is 1.75 bits per heavy atom. The third kappa shape index (κ3) is 0.841. The normalized spacial score (nSPS) is 15.8. The average molecular weight is 113 g/mol. The molecule has 0 saturated carbocycles. The highest BCUT2D eigenvalue weighted by Crippen LogP contribution is 1.91. The molecule has 0 radical (unpaired) electrons. The molecule has 0 atom stereocenters. The van der Waals surface area contributed by atoms with E-state index in [1.54, 1.807) is 0 Å². The molecule has 0 bridgehead atoms. The van der Waals surface area contributed by atoms with E-state index in [9.17, 15) is 4.79 Å². The van der Waals surface area contributed by atoms with Crippen molar-refractivity contribution in [3.8, 4) is 0 Å². The molecule has 0 aromatic rings. The molecule has 1 aliphatic rings. The van der Waals surface area contributed by atoms with Gasteiger partial charge in [-0.25, -0.2) is 4.99 Å². The minimum atomic E-state index is -0.0625. The molecule has 1 heterocycles. The van der Waals surface area contributed by atoms with E-state index < -0.39 is 0 Å². The fourth-order valence-electron chi connectivity index (χ4n) is 0.277. The second-order valence-electron chi connectivity index (χ2n) is 1.05. The third-order valence-corrected chi connectivity index (χ3v) is 0.552. The number of aldehydes is 1. The lowest BCUT2D eigenvalue weighted by Gasteiger charge is -2.00. The van der Waals surface area contributed by atoms with Gasteiger partial charge in [-0.1, -0.05) is 0 Å². The predicted octanol–water partition coefficient (Wildman–Crippen LogP) is 0.0168. The van der Waals surface area contributed by atoms with Gasteiger partial charge in [0.2, 0.25) is 6.29 Å². The third-order valence-electron chi connectivity index (χ3n) is 0.552. The van der Waals surface area contributed by atoms with Crippen molar-refractivity contribution >= 4 is 12.2 Å². The lowest BCUT2D eigenvalue weighted by Crippen LogP contribution is -2.06. The summed E-state index contributed by atoms with van der Waals surface area (Å²) in [6, 6.07) is 0. The first-order valence-electron chi connectivity index (χ1n) is 1.95. The lowest BCUT2D eigenvalue weighted by molar-refractivity contribution is -0.171. The Morgan fingerprint density at radius 2 is 2.62 bits per heavy atom. The molecule has 0 saturated heterocycles. The molecule has 0 N–H and O–H groups in total. The zero-order chi connectivity index (χ0) is 5.82. The zero-order valence-electron chi connectivity index (χ0n) is 3.90. The Morgan fingerprint density at radius 3 is 3.00 bits per heavy atom. The summed E-state index contributed by atoms with van der Waals surface area (Å²) in [5.41, 5.74) is 0. The molecule has 0 fully saturated rings. The monoisotopic (exact) mass is 113 g/mol. The highest BCUT2D eigenvalue weighted by atomic mass is 17.2. The molecule has 0 aromatic carbocycles. The number of carbonyl (C=O) groups excluding carboxylic acids is 1. The molecule has 0 amide bonds. The summed E-state index contributed by atoms with van der Waals surface area (Å²) in [5, 5.41) is 0. The van der Waals surface area contributed by atoms with Gasteiger partial charge in [0, 0.05) is 0 Å². The number of carbonyl (C=O) groups is 1. The molecular formula is C4H3NO3. The largest absolute Gasteiger partial charge is 0.309 e. The van der Waals surface area contributed by atoms with E-state index in [0.717, 1.165) is 0 Å². The van der Waals surface area contributed by atoms with E-state index in [1.807, 2.05) is 0 Å². The van der Waals surface area contributed by atoms with Crippen LogP contribution in [0.2, 0.25) is 0 Å². The molecule has 4 heteroatoms. The summed E-state index contributed by atoms with van der Waals surface area (Å²) in [4.78, 5) is 21.7. The van der Waals surface area contributed by atoms with Crippen molar-refractivity contribution < 1.29 is 14.6 Å². The van der Waals surface area contributed by atoms with Crippen LogP contribution in [-0.2, 0) is 14.6 Å². The van der Waals surface area contributed by atoms with Crippen molar-refractivity contribution in [3.05, 3.63) is 12.5 Å². The highest BCUT2D eigenvalue weighted by molar-refractivity contribution is 6.23. The van der Waals surface area contributed by atoms with Crippen molar-refractivity contribution in [3.63, 3.8) is 0 Å². The zero-order valence-corrected chi connectivity index (χ0v) is 3.90. The number of hydrogen-bond donors (Lipinski definition) is 0. The van der Waals surface area contributed by atoms with Crippen LogP contribution in [0.4, 0.5) is 0 Å². The van der Waals surface area contributed by atoms with Gasteiger partial charge in [-0.2, -0.15) is 0 Å². The fourth-order valence-corrected chi connectivity index (χ4v) is 0.277. The number of nitrogens with zero attached hydrogens (tertiary/aromatic N) is 1. The summed E-state index contributed by atoms with van der Waals surface area (Å²) in [5.74, 6) is -0.0625. The van der Waals surface area contributed by atoms with Crippen LogP contribution < -0.4 is 0 Å². The Balaban J connectivity index is 2.63. The first-order valence-corrected chi connectivity index (χ1v) is 1.95. The lowest BCUT2D eigenvalue weighted by atomic mass is 10.7. The van der Waals surface area contributed by atoms with Gasteiger partial charge < -0.3 is 0 Å². The first kappa shape index (κ1) is 4.83. The molecule has 1 rings (SSSR count). The Labute approximate surface area is 45.4 Å². The van der Waals surface area contributed by atoms with Crippen LogP contribution in [0.15, 0.2) is 17.5 Å². The van der Waals surface area contributed by atoms with Gasteiger partial charge in [0.1, 0.15) is 0 Å². The molecule has 8 heavy (non-hydrogen) atoms. The van der Waals surface area contributed by atoms with E-state index >= 15 is 0 Å². The van der Waals surface area contributed by atoms with Crippen LogP contribution in [0.1, 0.15) is 0 Å². The molecule has 1 aliphatic heterocycles. The Bertz CT molecular complexity index is 149. The smallest absolute Gasteiger partial charge is 0.295 e. The predicted molar refractivity (Wildman–Crippen MR) is 24.8 cm³/mol. The average Bonchev–Trinajstić information content (AvgIpc) is 1.90. The van der Waals surface area contributed by atoms with E-state index in [1.165, 1.54) is 12.5 Å². The van der Waals surface area contributed by atoms with Gasteiger partial charge in [-0.15, -0.1) is 0 Å². The van der Waals surface area contributed by atoms with Crippen molar-refractivity contribution in [2.75, 3.05) is 0 Å². The quantitative estimate of drug-likeness (QED) is 0.355. The van der Waals surface area contributed by atoms with Crippen molar-refractivity contribution in [1.29, 1.82) is 0 Å². The minimum Gasteiger partial charge on any atom is -0.295 e.